The van der Waals surface area contributed by atoms with E-state index >= 15 is 0 Å². The fourth-order valence-electron chi connectivity index (χ4n) is 6.15. The molecule has 0 radical (unpaired) electrons. The lowest BCUT2D eigenvalue weighted by molar-refractivity contribution is 0.0905. The van der Waals surface area contributed by atoms with Crippen LogP contribution in [0.15, 0.2) is 10.6 Å². The molecule has 2 atom stereocenters. The van der Waals surface area contributed by atoms with Crippen molar-refractivity contribution in [1.29, 1.82) is 0 Å². The molecule has 36 heavy (non-hydrogen) atoms. The Morgan fingerprint density at radius 1 is 1.00 bits per heavy atom. The third-order valence-corrected chi connectivity index (χ3v) is 10.7. The number of nitrogens with zero attached hydrogens (tertiary/aromatic N) is 4. The van der Waals surface area contributed by atoms with Gasteiger partial charge >= 0.3 is 0 Å². The molecule has 3 aliphatic heterocycles. The molecule has 9 nitrogen and oxygen atoms in total. The van der Waals surface area contributed by atoms with E-state index in [2.05, 4.69) is 20.3 Å². The standard InChI is InChI=1S/C26H43N5O4S/c1-20-17-23(27-26(32)24-18-25(35-28-24)22-5-6-22)9-14-31(20)36(33,34)19-21-7-12-30(13-8-21)16-15-29-10-3-2-4-11-29/h18,20-23H,2-17,19H2,1H3,(H,27,32)/t20-,23-/m1/s1. The highest BCUT2D eigenvalue weighted by atomic mass is 32.2. The Kier molecular flexibility index (Phi) is 8.34. The van der Waals surface area contributed by atoms with Crippen LogP contribution in [-0.4, -0.2) is 97.2 Å². The maximum atomic E-state index is 13.3. The molecule has 0 spiro atoms. The van der Waals surface area contributed by atoms with Gasteiger partial charge in [-0.3, -0.25) is 4.79 Å². The lowest BCUT2D eigenvalue weighted by Crippen LogP contribution is -2.52. The monoisotopic (exact) mass is 521 g/mol. The van der Waals surface area contributed by atoms with Crippen molar-refractivity contribution in [2.45, 2.75) is 82.7 Å². The molecule has 1 amide bonds. The third kappa shape index (κ3) is 6.68. The highest BCUT2D eigenvalue weighted by Gasteiger charge is 2.36. The zero-order chi connectivity index (χ0) is 25.1. The summed E-state index contributed by atoms with van der Waals surface area (Å²) in [5.41, 5.74) is 0.321. The summed E-state index contributed by atoms with van der Waals surface area (Å²) in [6.45, 7) is 9.12. The number of piperidine rings is 3. The lowest BCUT2D eigenvalue weighted by atomic mass is 9.99. The van der Waals surface area contributed by atoms with Crippen LogP contribution in [0, 0.1) is 5.92 Å². The molecule has 1 N–H and O–H groups in total. The molecular formula is C26H43N5O4S. The molecule has 5 rings (SSSR count). The number of amides is 1. The summed E-state index contributed by atoms with van der Waals surface area (Å²) >= 11 is 0. The molecule has 3 saturated heterocycles. The number of hydrogen-bond donors (Lipinski definition) is 1. The van der Waals surface area contributed by atoms with Crippen molar-refractivity contribution in [2.24, 2.45) is 5.92 Å². The van der Waals surface area contributed by atoms with E-state index in [9.17, 15) is 13.2 Å². The normalized spacial score (nSPS) is 27.8. The highest BCUT2D eigenvalue weighted by molar-refractivity contribution is 7.89. The average Bonchev–Trinajstić information content (AvgIpc) is 3.60. The Labute approximate surface area is 216 Å². The summed E-state index contributed by atoms with van der Waals surface area (Å²) in [5.74, 6) is 1.46. The van der Waals surface area contributed by atoms with Gasteiger partial charge in [0.15, 0.2) is 5.69 Å². The molecule has 4 heterocycles. The lowest BCUT2D eigenvalue weighted by Gasteiger charge is -2.39. The van der Waals surface area contributed by atoms with Gasteiger partial charge in [-0.15, -0.1) is 0 Å². The van der Waals surface area contributed by atoms with Crippen molar-refractivity contribution in [3.63, 3.8) is 0 Å². The van der Waals surface area contributed by atoms with Crippen LogP contribution in [0.5, 0.6) is 0 Å². The highest BCUT2D eigenvalue weighted by Crippen LogP contribution is 2.40. The molecular weight excluding hydrogens is 478 g/mol. The van der Waals surface area contributed by atoms with Gasteiger partial charge in [0.25, 0.3) is 5.91 Å². The minimum Gasteiger partial charge on any atom is -0.360 e. The van der Waals surface area contributed by atoms with Gasteiger partial charge in [-0.25, -0.2) is 8.42 Å². The first-order valence-electron chi connectivity index (χ1n) is 14.1. The van der Waals surface area contributed by atoms with Crippen LogP contribution in [0.1, 0.15) is 86.9 Å². The van der Waals surface area contributed by atoms with Crippen LogP contribution < -0.4 is 5.32 Å². The Bertz CT molecular complexity index is 980. The van der Waals surface area contributed by atoms with E-state index < -0.39 is 10.0 Å². The number of hydrogen-bond acceptors (Lipinski definition) is 7. The van der Waals surface area contributed by atoms with Gasteiger partial charge in [0.1, 0.15) is 5.76 Å². The largest absolute Gasteiger partial charge is 0.360 e. The number of sulfonamides is 1. The summed E-state index contributed by atoms with van der Waals surface area (Å²) in [6, 6.07) is 1.57. The number of nitrogens with one attached hydrogen (secondary N) is 1. The van der Waals surface area contributed by atoms with Gasteiger partial charge in [-0.1, -0.05) is 11.6 Å². The number of likely N-dealkylation sites (tertiary alicyclic amines) is 2. The first kappa shape index (κ1) is 26.1. The summed E-state index contributed by atoms with van der Waals surface area (Å²) in [7, 11) is -3.32. The molecule has 0 bridgehead atoms. The van der Waals surface area contributed by atoms with Crippen LogP contribution in [0.25, 0.3) is 0 Å². The second-order valence-electron chi connectivity index (χ2n) is 11.5. The molecule has 4 fully saturated rings. The zero-order valence-electron chi connectivity index (χ0n) is 21.7. The number of carbonyl (C=O) groups is 1. The smallest absolute Gasteiger partial charge is 0.273 e. The van der Waals surface area contributed by atoms with Crippen molar-refractivity contribution in [1.82, 2.24) is 24.6 Å². The van der Waals surface area contributed by atoms with E-state index in [1.165, 1.54) is 32.4 Å². The SMILES string of the molecule is C[C@@H]1C[C@H](NC(=O)c2cc(C3CC3)on2)CCN1S(=O)(=O)CC1CCN(CCN2CCCCC2)CC1. The van der Waals surface area contributed by atoms with Gasteiger partial charge in [-0.2, -0.15) is 4.31 Å². The predicted molar refractivity (Wildman–Crippen MR) is 138 cm³/mol. The molecule has 10 heteroatoms. The van der Waals surface area contributed by atoms with Gasteiger partial charge in [0, 0.05) is 43.7 Å². The number of carbonyl (C=O) groups excluding carboxylic acids is 1. The Balaban J connectivity index is 1.04. The molecule has 0 unspecified atom stereocenters. The minimum atomic E-state index is -3.32. The van der Waals surface area contributed by atoms with Gasteiger partial charge in [0.05, 0.1) is 5.75 Å². The van der Waals surface area contributed by atoms with E-state index in [1.807, 2.05) is 6.92 Å². The maximum Gasteiger partial charge on any atom is 0.273 e. The van der Waals surface area contributed by atoms with Crippen LogP contribution in [0.3, 0.4) is 0 Å². The first-order valence-corrected chi connectivity index (χ1v) is 15.7. The molecule has 1 aromatic heterocycles. The Morgan fingerprint density at radius 3 is 2.36 bits per heavy atom. The average molecular weight is 522 g/mol. The molecule has 1 saturated carbocycles. The fraction of sp³-hybridized carbons (Fsp3) is 0.846. The number of rotatable bonds is 9. The van der Waals surface area contributed by atoms with Crippen molar-refractivity contribution < 1.29 is 17.7 Å². The summed E-state index contributed by atoms with van der Waals surface area (Å²) in [6.07, 6.45) is 9.37. The number of aromatic nitrogens is 1. The zero-order valence-corrected chi connectivity index (χ0v) is 22.6. The van der Waals surface area contributed by atoms with Crippen LogP contribution >= 0.6 is 0 Å². The maximum absolute atomic E-state index is 13.3. The van der Waals surface area contributed by atoms with E-state index in [0.29, 0.717) is 31.0 Å². The van der Waals surface area contributed by atoms with Crippen molar-refractivity contribution >= 4 is 15.9 Å². The summed E-state index contributed by atoms with van der Waals surface area (Å²) in [5, 5.41) is 6.96. The predicted octanol–water partition coefficient (Wildman–Crippen LogP) is 2.66. The topological polar surface area (TPSA) is 99.0 Å². The second-order valence-corrected chi connectivity index (χ2v) is 13.5. The Morgan fingerprint density at radius 2 is 1.69 bits per heavy atom. The van der Waals surface area contributed by atoms with E-state index in [0.717, 1.165) is 57.6 Å². The van der Waals surface area contributed by atoms with Gasteiger partial charge in [-0.05, 0) is 90.4 Å². The quantitative estimate of drug-likeness (QED) is 0.533. The summed E-state index contributed by atoms with van der Waals surface area (Å²) < 4.78 is 33.6. The van der Waals surface area contributed by atoms with Gasteiger partial charge in [0.2, 0.25) is 10.0 Å². The van der Waals surface area contributed by atoms with Crippen molar-refractivity contribution in [3.8, 4) is 0 Å². The van der Waals surface area contributed by atoms with Crippen molar-refractivity contribution in [3.05, 3.63) is 17.5 Å². The molecule has 202 valence electrons. The van der Waals surface area contributed by atoms with E-state index in [-0.39, 0.29) is 29.7 Å². The van der Waals surface area contributed by atoms with Crippen LogP contribution in [0.4, 0.5) is 0 Å². The van der Waals surface area contributed by atoms with E-state index in [4.69, 9.17) is 4.52 Å². The second kappa shape index (κ2) is 11.5. The third-order valence-electron chi connectivity index (χ3n) is 8.58. The van der Waals surface area contributed by atoms with Crippen LogP contribution in [0.2, 0.25) is 0 Å². The van der Waals surface area contributed by atoms with Crippen molar-refractivity contribution in [2.75, 3.05) is 51.6 Å². The fourth-order valence-corrected chi connectivity index (χ4v) is 8.29. The molecule has 1 aromatic rings. The molecule has 4 aliphatic rings. The summed E-state index contributed by atoms with van der Waals surface area (Å²) in [4.78, 5) is 17.7. The molecule has 0 aromatic carbocycles. The first-order chi connectivity index (χ1) is 17.4. The van der Waals surface area contributed by atoms with Gasteiger partial charge < -0.3 is 19.6 Å². The van der Waals surface area contributed by atoms with Crippen LogP contribution in [-0.2, 0) is 10.0 Å². The minimum absolute atomic E-state index is 0.0526. The van der Waals surface area contributed by atoms with E-state index in [1.54, 1.807) is 10.4 Å². The Hall–Kier alpha value is -1.49. The molecule has 1 aliphatic carbocycles.